The number of nitrogens with zero attached hydrogens (tertiary/aromatic N) is 1. The van der Waals surface area contributed by atoms with Gasteiger partial charge in [-0.15, -0.1) is 0 Å². The van der Waals surface area contributed by atoms with Crippen molar-refractivity contribution in [3.63, 3.8) is 0 Å². The zero-order valence-corrected chi connectivity index (χ0v) is 5.52. The molecule has 0 aromatic heterocycles. The maximum Gasteiger partial charge on any atom is 0.272 e. The Labute approximate surface area is 64.0 Å². The Bertz CT molecular complexity index is 280. The van der Waals surface area contributed by atoms with Crippen LogP contribution in [-0.4, -0.2) is 17.9 Å². The molecule has 5 heteroatoms. The Balaban J connectivity index is 3.19. The molecule has 0 saturated heterocycles. The zero-order valence-electron chi connectivity index (χ0n) is 5.52. The Hall–Kier alpha value is -1.52. The van der Waals surface area contributed by atoms with E-state index in [-0.39, 0.29) is 16.9 Å². The van der Waals surface area contributed by atoms with E-state index >= 15 is 0 Å². The van der Waals surface area contributed by atoms with E-state index in [1.807, 2.05) is 0 Å². The Morgan fingerprint density at radius 2 is 2.09 bits per heavy atom. The molecule has 0 aliphatic rings. The molecule has 0 bridgehead atoms. The summed E-state index contributed by atoms with van der Waals surface area (Å²) in [6.07, 6.45) is 0. The second-order valence-corrected chi connectivity index (χ2v) is 2.04. The maximum absolute atomic E-state index is 10.1. The van der Waals surface area contributed by atoms with Crippen LogP contribution < -0.4 is 5.46 Å². The fraction of sp³-hybridized carbons (Fsp3) is 0. The van der Waals surface area contributed by atoms with E-state index in [9.17, 15) is 10.1 Å². The van der Waals surface area contributed by atoms with Crippen LogP contribution in [0.25, 0.3) is 0 Å². The van der Waals surface area contributed by atoms with Gasteiger partial charge >= 0.3 is 0 Å². The monoisotopic (exact) mass is 149 g/mol. The third-order valence-electron chi connectivity index (χ3n) is 1.14. The summed E-state index contributed by atoms with van der Waals surface area (Å²) >= 11 is 0. The lowest BCUT2D eigenvalue weighted by atomic mass is 9.96. The fourth-order valence-electron chi connectivity index (χ4n) is 0.723. The van der Waals surface area contributed by atoms with Gasteiger partial charge in [-0.2, -0.15) is 0 Å². The summed E-state index contributed by atoms with van der Waals surface area (Å²) in [5, 5.41) is 19.0. The molecule has 0 heterocycles. The van der Waals surface area contributed by atoms with Crippen LogP contribution in [0.3, 0.4) is 0 Å². The number of non-ortho nitro benzene ring substituents is 1. The highest BCUT2D eigenvalue weighted by atomic mass is 16.6. The Kier molecular flexibility index (Phi) is 1.80. The van der Waals surface area contributed by atoms with Gasteiger partial charge in [0.25, 0.3) is 5.69 Å². The topological polar surface area (TPSA) is 63.4 Å². The van der Waals surface area contributed by atoms with Crippen molar-refractivity contribution in [3.8, 4) is 5.75 Å². The Morgan fingerprint density at radius 1 is 1.45 bits per heavy atom. The van der Waals surface area contributed by atoms with E-state index in [2.05, 4.69) is 0 Å². The number of nitro benzene ring substituents is 1. The minimum absolute atomic E-state index is 0.178. The average molecular weight is 149 g/mol. The smallest absolute Gasteiger partial charge is 0.272 e. The highest BCUT2D eigenvalue weighted by molar-refractivity contribution is 6.32. The third-order valence-corrected chi connectivity index (χ3v) is 1.14. The number of hydrogen-bond acceptors (Lipinski definition) is 3. The zero-order chi connectivity index (χ0) is 8.43. The van der Waals surface area contributed by atoms with Gasteiger partial charge in [0.1, 0.15) is 13.6 Å². The van der Waals surface area contributed by atoms with Gasteiger partial charge in [-0.3, -0.25) is 10.1 Å². The van der Waals surface area contributed by atoms with Crippen LogP contribution in [0.2, 0.25) is 0 Å². The molecule has 4 nitrogen and oxygen atoms in total. The van der Waals surface area contributed by atoms with Gasteiger partial charge in [0, 0.05) is 6.07 Å². The van der Waals surface area contributed by atoms with Crippen molar-refractivity contribution >= 4 is 19.0 Å². The van der Waals surface area contributed by atoms with E-state index in [1.165, 1.54) is 12.1 Å². The van der Waals surface area contributed by atoms with E-state index in [0.717, 1.165) is 6.07 Å². The maximum atomic E-state index is 10.1. The van der Waals surface area contributed by atoms with Gasteiger partial charge in [0.15, 0.2) is 0 Å². The molecule has 1 aromatic carbocycles. The van der Waals surface area contributed by atoms with Crippen LogP contribution in [0.1, 0.15) is 0 Å². The summed E-state index contributed by atoms with van der Waals surface area (Å²) in [5.41, 5.74) is -0.0285. The molecule has 0 aliphatic heterocycles. The molecule has 0 amide bonds. The predicted octanol–water partition coefficient (Wildman–Crippen LogP) is 0.0942. The van der Waals surface area contributed by atoms with E-state index in [1.54, 1.807) is 0 Å². The van der Waals surface area contributed by atoms with Crippen molar-refractivity contribution in [1.29, 1.82) is 0 Å². The minimum Gasteiger partial charge on any atom is -0.508 e. The largest absolute Gasteiger partial charge is 0.508 e. The number of phenolic OH excluding ortho intramolecular Hbond substituents is 1. The van der Waals surface area contributed by atoms with Crippen molar-refractivity contribution in [2.45, 2.75) is 0 Å². The number of benzene rings is 1. The molecule has 0 atom stereocenters. The number of phenols is 1. The third kappa shape index (κ3) is 1.70. The first kappa shape index (κ1) is 7.59. The van der Waals surface area contributed by atoms with Gasteiger partial charge in [0.2, 0.25) is 0 Å². The summed E-state index contributed by atoms with van der Waals surface area (Å²) in [5.74, 6) is -0.197. The molecule has 0 saturated carbocycles. The SMILES string of the molecule is [B]c1cc(O)cc([N+](=O)[O-])c1. The molecule has 0 aliphatic carbocycles. The second-order valence-electron chi connectivity index (χ2n) is 2.04. The highest BCUT2D eigenvalue weighted by Crippen LogP contribution is 2.15. The lowest BCUT2D eigenvalue weighted by molar-refractivity contribution is -0.384. The molecule has 1 rings (SSSR count). The highest BCUT2D eigenvalue weighted by Gasteiger charge is 2.05. The number of aromatic hydroxyl groups is 1. The molecule has 54 valence electrons. The Morgan fingerprint density at radius 3 is 2.55 bits per heavy atom. The van der Waals surface area contributed by atoms with Crippen LogP contribution in [0.15, 0.2) is 18.2 Å². The van der Waals surface area contributed by atoms with E-state index in [4.69, 9.17) is 13.0 Å². The summed E-state index contributed by atoms with van der Waals surface area (Å²) < 4.78 is 0. The first-order chi connectivity index (χ1) is 5.09. The fourth-order valence-corrected chi connectivity index (χ4v) is 0.723. The molecule has 1 N–H and O–H groups in total. The number of hydrogen-bond donors (Lipinski definition) is 1. The summed E-state index contributed by atoms with van der Waals surface area (Å²) in [6, 6.07) is 3.46. The first-order valence-electron chi connectivity index (χ1n) is 2.83. The van der Waals surface area contributed by atoms with Gasteiger partial charge in [0.05, 0.1) is 11.0 Å². The van der Waals surface area contributed by atoms with Crippen molar-refractivity contribution < 1.29 is 10.0 Å². The molecule has 0 unspecified atom stereocenters. The van der Waals surface area contributed by atoms with Gasteiger partial charge in [-0.1, -0.05) is 5.46 Å². The van der Waals surface area contributed by atoms with Gasteiger partial charge in [-0.05, 0) is 6.07 Å². The molecule has 1 aromatic rings. The molecule has 11 heavy (non-hydrogen) atoms. The molecular formula is C6H4BNO3. The number of rotatable bonds is 1. The second kappa shape index (κ2) is 2.61. The van der Waals surface area contributed by atoms with Crippen molar-refractivity contribution in [2.24, 2.45) is 0 Å². The summed E-state index contributed by atoms with van der Waals surface area (Å²) in [6.45, 7) is 0. The van der Waals surface area contributed by atoms with E-state index in [0.29, 0.717) is 0 Å². The van der Waals surface area contributed by atoms with Crippen LogP contribution in [0.5, 0.6) is 5.75 Å². The van der Waals surface area contributed by atoms with Crippen molar-refractivity contribution in [1.82, 2.24) is 0 Å². The first-order valence-corrected chi connectivity index (χ1v) is 2.83. The van der Waals surface area contributed by atoms with Crippen LogP contribution >= 0.6 is 0 Å². The predicted molar refractivity (Wildman–Crippen MR) is 40.1 cm³/mol. The van der Waals surface area contributed by atoms with E-state index < -0.39 is 4.92 Å². The molecule has 2 radical (unpaired) electrons. The van der Waals surface area contributed by atoms with Crippen molar-refractivity contribution in [2.75, 3.05) is 0 Å². The normalized spacial score (nSPS) is 9.45. The summed E-state index contributed by atoms with van der Waals surface area (Å²) in [4.78, 5) is 9.53. The average Bonchev–Trinajstić information content (AvgIpc) is 1.85. The molecule has 0 spiro atoms. The lowest BCUT2D eigenvalue weighted by Gasteiger charge is -1.95. The quantitative estimate of drug-likeness (QED) is 0.349. The molecular weight excluding hydrogens is 145 g/mol. The van der Waals surface area contributed by atoms with Crippen molar-refractivity contribution in [3.05, 3.63) is 28.3 Å². The lowest BCUT2D eigenvalue weighted by Crippen LogP contribution is -2.02. The summed E-state index contributed by atoms with van der Waals surface area (Å²) in [7, 11) is 5.23. The van der Waals surface area contributed by atoms with Gasteiger partial charge in [-0.25, -0.2) is 0 Å². The van der Waals surface area contributed by atoms with Gasteiger partial charge < -0.3 is 5.11 Å². The standard InChI is InChI=1S/C6H4BNO3/c7-4-1-5(8(10)11)3-6(9)2-4/h1-3,9H. The van der Waals surface area contributed by atoms with Crippen LogP contribution in [0, 0.1) is 10.1 Å². The number of nitro groups is 1. The van der Waals surface area contributed by atoms with Crippen LogP contribution in [0.4, 0.5) is 5.69 Å². The minimum atomic E-state index is -0.615. The molecule has 0 fully saturated rings. The van der Waals surface area contributed by atoms with Crippen LogP contribution in [-0.2, 0) is 0 Å².